The van der Waals surface area contributed by atoms with E-state index in [1.54, 1.807) is 18.4 Å². The molecule has 8 nitrogen and oxygen atoms in total. The van der Waals surface area contributed by atoms with E-state index in [2.05, 4.69) is 20.2 Å². The summed E-state index contributed by atoms with van der Waals surface area (Å²) in [5, 5.41) is 3.69. The molecular weight excluding hydrogens is 416 g/mol. The Labute approximate surface area is 185 Å². The molecule has 0 radical (unpaired) electrons. The fourth-order valence-corrected chi connectivity index (χ4v) is 4.30. The molecule has 9 heteroatoms. The van der Waals surface area contributed by atoms with Gasteiger partial charge in [0.1, 0.15) is 16.5 Å². The molecule has 1 amide bonds. The standard InChI is InChI=1S/C22H26N4O4S/c1-14-6-7-17(30-14)16(26-8-11-28-12-9-26)13-23-21(27)19-15(2)24-20(25-22(19)31-3)18-5-4-10-29-18/h4-7,10,16H,8-9,11-13H2,1-3H3,(H,23,27). The van der Waals surface area contributed by atoms with Crippen LogP contribution in [0.2, 0.25) is 0 Å². The molecule has 0 saturated carbocycles. The minimum Gasteiger partial charge on any atom is -0.465 e. The second kappa shape index (κ2) is 9.67. The van der Waals surface area contributed by atoms with E-state index in [1.165, 1.54) is 11.8 Å². The molecular formula is C22H26N4O4S. The van der Waals surface area contributed by atoms with E-state index in [9.17, 15) is 4.79 Å². The summed E-state index contributed by atoms with van der Waals surface area (Å²) >= 11 is 1.41. The van der Waals surface area contributed by atoms with Gasteiger partial charge in [0.15, 0.2) is 11.6 Å². The highest BCUT2D eigenvalue weighted by molar-refractivity contribution is 7.98. The van der Waals surface area contributed by atoms with Gasteiger partial charge in [-0.3, -0.25) is 9.69 Å². The van der Waals surface area contributed by atoms with E-state index in [0.717, 1.165) is 24.6 Å². The van der Waals surface area contributed by atoms with E-state index in [4.69, 9.17) is 13.6 Å². The molecule has 1 fully saturated rings. The maximum Gasteiger partial charge on any atom is 0.255 e. The Morgan fingerprint density at radius 2 is 2.03 bits per heavy atom. The topological polar surface area (TPSA) is 93.6 Å². The first-order valence-electron chi connectivity index (χ1n) is 10.2. The van der Waals surface area contributed by atoms with Crippen LogP contribution in [-0.4, -0.2) is 59.9 Å². The minimum absolute atomic E-state index is 0.0668. The Balaban J connectivity index is 1.55. The molecule has 1 aliphatic rings. The summed E-state index contributed by atoms with van der Waals surface area (Å²) in [5.74, 6) is 2.54. The zero-order chi connectivity index (χ0) is 21.8. The van der Waals surface area contributed by atoms with Gasteiger partial charge in [-0.15, -0.1) is 11.8 Å². The van der Waals surface area contributed by atoms with Crippen molar-refractivity contribution < 1.29 is 18.4 Å². The van der Waals surface area contributed by atoms with Crippen LogP contribution < -0.4 is 5.32 Å². The van der Waals surface area contributed by atoms with Crippen LogP contribution in [0.1, 0.15) is 33.6 Å². The van der Waals surface area contributed by atoms with Crippen LogP contribution in [0.4, 0.5) is 0 Å². The van der Waals surface area contributed by atoms with Crippen LogP contribution in [0.3, 0.4) is 0 Å². The van der Waals surface area contributed by atoms with Gasteiger partial charge in [0, 0.05) is 19.6 Å². The Hall–Kier alpha value is -2.62. The third-order valence-electron chi connectivity index (χ3n) is 5.25. The molecule has 31 heavy (non-hydrogen) atoms. The smallest absolute Gasteiger partial charge is 0.255 e. The Morgan fingerprint density at radius 3 is 2.68 bits per heavy atom. The zero-order valence-electron chi connectivity index (χ0n) is 17.9. The van der Waals surface area contributed by atoms with Crippen LogP contribution in [0.15, 0.2) is 44.4 Å². The number of hydrogen-bond acceptors (Lipinski definition) is 8. The van der Waals surface area contributed by atoms with Crippen LogP contribution in [-0.2, 0) is 4.74 Å². The van der Waals surface area contributed by atoms with Crippen molar-refractivity contribution in [3.8, 4) is 11.6 Å². The van der Waals surface area contributed by atoms with E-state index in [0.29, 0.717) is 47.6 Å². The van der Waals surface area contributed by atoms with Crippen LogP contribution >= 0.6 is 11.8 Å². The number of nitrogens with zero attached hydrogens (tertiary/aromatic N) is 3. The van der Waals surface area contributed by atoms with Crippen LogP contribution in [0, 0.1) is 13.8 Å². The highest BCUT2D eigenvalue weighted by atomic mass is 32.2. The van der Waals surface area contributed by atoms with Gasteiger partial charge < -0.3 is 18.9 Å². The Morgan fingerprint density at radius 1 is 1.23 bits per heavy atom. The van der Waals surface area contributed by atoms with Gasteiger partial charge in [-0.1, -0.05) is 0 Å². The average molecular weight is 443 g/mol. The number of aryl methyl sites for hydroxylation is 2. The third-order valence-corrected chi connectivity index (χ3v) is 5.93. The van der Waals surface area contributed by atoms with Crippen molar-refractivity contribution >= 4 is 17.7 Å². The van der Waals surface area contributed by atoms with E-state index >= 15 is 0 Å². The maximum absolute atomic E-state index is 13.2. The SMILES string of the molecule is CSc1nc(-c2ccco2)nc(C)c1C(=O)NCC(c1ccc(C)o1)N1CCOCC1. The molecule has 0 aromatic carbocycles. The monoisotopic (exact) mass is 442 g/mol. The molecule has 0 aliphatic carbocycles. The Kier molecular flexibility index (Phi) is 6.74. The first-order chi connectivity index (χ1) is 15.1. The fourth-order valence-electron chi connectivity index (χ4n) is 3.68. The largest absolute Gasteiger partial charge is 0.465 e. The summed E-state index contributed by atoms with van der Waals surface area (Å²) in [5.41, 5.74) is 1.10. The maximum atomic E-state index is 13.2. The molecule has 3 aromatic rings. The Bertz CT molecular complexity index is 1030. The van der Waals surface area contributed by atoms with E-state index < -0.39 is 0 Å². The van der Waals surface area contributed by atoms with Crippen molar-refractivity contribution in [3.05, 3.63) is 53.3 Å². The number of morpholine rings is 1. The van der Waals surface area contributed by atoms with Crippen molar-refractivity contribution in [2.24, 2.45) is 0 Å². The number of ether oxygens (including phenoxy) is 1. The first kappa shape index (κ1) is 21.6. The van der Waals surface area contributed by atoms with Crippen molar-refractivity contribution in [1.82, 2.24) is 20.2 Å². The van der Waals surface area contributed by atoms with Crippen molar-refractivity contribution in [2.45, 2.75) is 24.9 Å². The molecule has 0 bridgehead atoms. The molecule has 4 rings (SSSR count). The fraction of sp³-hybridized carbons (Fsp3) is 0.409. The summed E-state index contributed by atoms with van der Waals surface area (Å²) in [4.78, 5) is 24.5. The van der Waals surface area contributed by atoms with Gasteiger partial charge in [-0.2, -0.15) is 0 Å². The minimum atomic E-state index is -0.200. The summed E-state index contributed by atoms with van der Waals surface area (Å²) < 4.78 is 16.8. The molecule has 164 valence electrons. The molecule has 1 aliphatic heterocycles. The van der Waals surface area contributed by atoms with Crippen molar-refractivity contribution in [2.75, 3.05) is 39.1 Å². The third kappa shape index (κ3) is 4.84. The second-order valence-electron chi connectivity index (χ2n) is 7.32. The molecule has 1 N–H and O–H groups in total. The molecule has 4 heterocycles. The number of carbonyl (C=O) groups excluding carboxylic acids is 1. The highest BCUT2D eigenvalue weighted by Gasteiger charge is 2.27. The lowest BCUT2D eigenvalue weighted by atomic mass is 10.1. The number of thioether (sulfide) groups is 1. The number of furan rings is 2. The number of hydrogen-bond donors (Lipinski definition) is 1. The predicted octanol–water partition coefficient (Wildman–Crippen LogP) is 3.47. The number of amides is 1. The molecule has 0 spiro atoms. The summed E-state index contributed by atoms with van der Waals surface area (Å²) in [6.07, 6.45) is 3.47. The first-order valence-corrected chi connectivity index (χ1v) is 11.4. The van der Waals surface area contributed by atoms with Gasteiger partial charge in [0.05, 0.1) is 36.8 Å². The molecule has 1 unspecified atom stereocenters. The molecule has 3 aromatic heterocycles. The second-order valence-corrected chi connectivity index (χ2v) is 8.11. The lowest BCUT2D eigenvalue weighted by Gasteiger charge is -2.33. The van der Waals surface area contributed by atoms with Gasteiger partial charge in [0.25, 0.3) is 5.91 Å². The van der Waals surface area contributed by atoms with Crippen molar-refractivity contribution in [1.29, 1.82) is 0 Å². The lowest BCUT2D eigenvalue weighted by Crippen LogP contribution is -2.43. The quantitative estimate of drug-likeness (QED) is 0.439. The van der Waals surface area contributed by atoms with E-state index in [-0.39, 0.29) is 11.9 Å². The lowest BCUT2D eigenvalue weighted by molar-refractivity contribution is 0.0117. The van der Waals surface area contributed by atoms with Gasteiger partial charge >= 0.3 is 0 Å². The molecule has 1 saturated heterocycles. The number of rotatable bonds is 7. The highest BCUT2D eigenvalue weighted by Crippen LogP contribution is 2.26. The average Bonchev–Trinajstić information content (AvgIpc) is 3.46. The predicted molar refractivity (Wildman–Crippen MR) is 117 cm³/mol. The van der Waals surface area contributed by atoms with Gasteiger partial charge in [-0.05, 0) is 44.4 Å². The number of nitrogens with one attached hydrogen (secondary N) is 1. The molecule has 1 atom stereocenters. The van der Waals surface area contributed by atoms with E-state index in [1.807, 2.05) is 32.2 Å². The van der Waals surface area contributed by atoms with Crippen LogP contribution in [0.5, 0.6) is 0 Å². The van der Waals surface area contributed by atoms with Crippen LogP contribution in [0.25, 0.3) is 11.6 Å². The zero-order valence-corrected chi connectivity index (χ0v) is 18.7. The van der Waals surface area contributed by atoms with Gasteiger partial charge in [-0.25, -0.2) is 9.97 Å². The summed E-state index contributed by atoms with van der Waals surface area (Å²) in [6.45, 7) is 7.07. The summed E-state index contributed by atoms with van der Waals surface area (Å²) in [7, 11) is 0. The van der Waals surface area contributed by atoms with Gasteiger partial charge in [0.2, 0.25) is 0 Å². The number of aromatic nitrogens is 2. The van der Waals surface area contributed by atoms with Crippen molar-refractivity contribution in [3.63, 3.8) is 0 Å². The number of carbonyl (C=O) groups is 1. The normalized spacial score (nSPS) is 15.7. The summed E-state index contributed by atoms with van der Waals surface area (Å²) in [6, 6.07) is 7.44.